The van der Waals surface area contributed by atoms with Crippen molar-refractivity contribution in [1.82, 2.24) is 0 Å². The van der Waals surface area contributed by atoms with Crippen LogP contribution in [0.4, 0.5) is 11.4 Å². The molecule has 0 bridgehead atoms. The van der Waals surface area contributed by atoms with E-state index in [0.29, 0.717) is 11.4 Å². The monoisotopic (exact) mass is 150 g/mol. The van der Waals surface area contributed by atoms with Gasteiger partial charge >= 0.3 is 0 Å². The largest absolute Gasteiger partial charge is 0.398 e. The lowest BCUT2D eigenvalue weighted by Gasteiger charge is -2.04. The number of rotatable bonds is 1. The molecule has 0 atom stereocenters. The summed E-state index contributed by atoms with van der Waals surface area (Å²) in [5.74, 6) is 0. The molecule has 3 nitrogen and oxygen atoms in total. The van der Waals surface area contributed by atoms with Gasteiger partial charge in [0.25, 0.3) is 0 Å². The van der Waals surface area contributed by atoms with E-state index in [2.05, 4.69) is 5.18 Å². The van der Waals surface area contributed by atoms with Crippen LogP contribution in [0.1, 0.15) is 11.1 Å². The zero-order valence-corrected chi connectivity index (χ0v) is 6.59. The number of nitrogen functional groups attached to an aromatic ring is 1. The minimum absolute atomic E-state index is 0.424. The van der Waals surface area contributed by atoms with Gasteiger partial charge < -0.3 is 5.73 Å². The molecule has 1 rings (SSSR count). The highest BCUT2D eigenvalue weighted by atomic mass is 16.3. The minimum atomic E-state index is 0.424. The van der Waals surface area contributed by atoms with Gasteiger partial charge in [0.1, 0.15) is 5.69 Å². The summed E-state index contributed by atoms with van der Waals surface area (Å²) in [4.78, 5) is 10.2. The van der Waals surface area contributed by atoms with Gasteiger partial charge in [-0.3, -0.25) is 0 Å². The Morgan fingerprint density at radius 1 is 1.36 bits per heavy atom. The van der Waals surface area contributed by atoms with Gasteiger partial charge in [-0.25, -0.2) is 0 Å². The van der Waals surface area contributed by atoms with Gasteiger partial charge in [0.2, 0.25) is 0 Å². The molecule has 3 heteroatoms. The van der Waals surface area contributed by atoms with Gasteiger partial charge in [0.15, 0.2) is 0 Å². The standard InChI is InChI=1S/C8H10N2O/c1-5-3-4-7(10-11)6(2)8(5)9/h3-4H,9H2,1-2H3. The minimum Gasteiger partial charge on any atom is -0.398 e. The molecular formula is C8H10N2O. The fourth-order valence-electron chi connectivity index (χ4n) is 0.951. The summed E-state index contributed by atoms with van der Waals surface area (Å²) in [6, 6.07) is 3.47. The van der Waals surface area contributed by atoms with Gasteiger partial charge in [-0.15, -0.1) is 4.91 Å². The molecule has 0 saturated heterocycles. The molecule has 0 unspecified atom stereocenters. The summed E-state index contributed by atoms with van der Waals surface area (Å²) < 4.78 is 0. The zero-order chi connectivity index (χ0) is 8.43. The number of anilines is 1. The maximum absolute atomic E-state index is 10.2. The molecule has 58 valence electrons. The highest BCUT2D eigenvalue weighted by Crippen LogP contribution is 2.25. The third-order valence-corrected chi connectivity index (χ3v) is 1.80. The molecule has 2 N–H and O–H groups in total. The number of nitrogens with zero attached hydrogens (tertiary/aromatic N) is 1. The predicted octanol–water partition coefficient (Wildman–Crippen LogP) is 2.28. The molecule has 0 fully saturated rings. The lowest BCUT2D eigenvalue weighted by atomic mass is 10.1. The molecule has 0 saturated carbocycles. The first-order valence-electron chi connectivity index (χ1n) is 3.36. The van der Waals surface area contributed by atoms with E-state index < -0.39 is 0 Å². The molecule has 0 aliphatic carbocycles. The van der Waals surface area contributed by atoms with Crippen LogP contribution in [0, 0.1) is 18.8 Å². The third-order valence-electron chi connectivity index (χ3n) is 1.80. The van der Waals surface area contributed by atoms with Gasteiger partial charge in [-0.2, -0.15) is 0 Å². The predicted molar refractivity (Wildman–Crippen MR) is 45.8 cm³/mol. The second kappa shape index (κ2) is 2.70. The van der Waals surface area contributed by atoms with E-state index in [0.717, 1.165) is 11.1 Å². The molecule has 0 heterocycles. The molecule has 1 aromatic carbocycles. The van der Waals surface area contributed by atoms with Crippen LogP contribution in [-0.2, 0) is 0 Å². The maximum atomic E-state index is 10.2. The summed E-state index contributed by atoms with van der Waals surface area (Å²) in [5, 5.41) is 2.84. The fraction of sp³-hybridized carbons (Fsp3) is 0.250. The zero-order valence-electron chi connectivity index (χ0n) is 6.59. The Morgan fingerprint density at radius 2 is 2.00 bits per heavy atom. The molecule has 11 heavy (non-hydrogen) atoms. The second-order valence-electron chi connectivity index (χ2n) is 2.53. The van der Waals surface area contributed by atoms with Crippen LogP contribution in [0.3, 0.4) is 0 Å². The highest BCUT2D eigenvalue weighted by Gasteiger charge is 2.03. The molecule has 0 amide bonds. The summed E-state index contributed by atoms with van der Waals surface area (Å²) in [6.07, 6.45) is 0. The summed E-state index contributed by atoms with van der Waals surface area (Å²) in [7, 11) is 0. The number of benzene rings is 1. The smallest absolute Gasteiger partial charge is 0.112 e. The van der Waals surface area contributed by atoms with E-state index in [1.165, 1.54) is 0 Å². The number of hydrogen-bond acceptors (Lipinski definition) is 3. The van der Waals surface area contributed by atoms with Crippen LogP contribution in [0.15, 0.2) is 17.3 Å². The van der Waals surface area contributed by atoms with Crippen LogP contribution < -0.4 is 5.73 Å². The molecule has 0 aliphatic rings. The molecule has 0 radical (unpaired) electrons. The van der Waals surface area contributed by atoms with Crippen molar-refractivity contribution in [1.29, 1.82) is 0 Å². The van der Waals surface area contributed by atoms with E-state index in [4.69, 9.17) is 5.73 Å². The van der Waals surface area contributed by atoms with Crippen molar-refractivity contribution in [3.63, 3.8) is 0 Å². The Bertz CT molecular complexity index is 294. The van der Waals surface area contributed by atoms with Crippen molar-refractivity contribution in [2.75, 3.05) is 5.73 Å². The maximum Gasteiger partial charge on any atom is 0.112 e. The van der Waals surface area contributed by atoms with Crippen LogP contribution in [0.2, 0.25) is 0 Å². The van der Waals surface area contributed by atoms with E-state index in [1.807, 2.05) is 6.92 Å². The van der Waals surface area contributed by atoms with Crippen molar-refractivity contribution in [3.05, 3.63) is 28.2 Å². The lowest BCUT2D eigenvalue weighted by molar-refractivity contribution is 1.34. The molecule has 0 spiro atoms. The molecule has 1 aromatic rings. The van der Waals surface area contributed by atoms with Crippen LogP contribution >= 0.6 is 0 Å². The second-order valence-corrected chi connectivity index (χ2v) is 2.53. The van der Waals surface area contributed by atoms with Gasteiger partial charge in [0.05, 0.1) is 0 Å². The van der Waals surface area contributed by atoms with Crippen molar-refractivity contribution in [2.24, 2.45) is 5.18 Å². The van der Waals surface area contributed by atoms with E-state index in [9.17, 15) is 4.91 Å². The Balaban J connectivity index is 3.36. The van der Waals surface area contributed by atoms with Crippen molar-refractivity contribution in [2.45, 2.75) is 13.8 Å². The Hall–Kier alpha value is -1.38. The number of aryl methyl sites for hydroxylation is 1. The normalized spacial score (nSPS) is 9.64. The lowest BCUT2D eigenvalue weighted by Crippen LogP contribution is -1.92. The Kier molecular flexibility index (Phi) is 1.89. The number of nitrogens with two attached hydrogens (primary N) is 1. The average molecular weight is 150 g/mol. The number of nitroso groups, excluding NO2 is 1. The highest BCUT2D eigenvalue weighted by molar-refractivity contribution is 5.63. The average Bonchev–Trinajstić information content (AvgIpc) is 2.01. The van der Waals surface area contributed by atoms with Gasteiger partial charge in [0, 0.05) is 11.3 Å². The SMILES string of the molecule is Cc1ccc(N=O)c(C)c1N. The fourth-order valence-corrected chi connectivity index (χ4v) is 0.951. The Labute approximate surface area is 65.2 Å². The molecule has 0 aliphatic heterocycles. The van der Waals surface area contributed by atoms with Crippen LogP contribution in [0.25, 0.3) is 0 Å². The molecule has 0 aromatic heterocycles. The summed E-state index contributed by atoms with van der Waals surface area (Å²) in [5.41, 5.74) is 8.48. The first kappa shape index (κ1) is 7.72. The Morgan fingerprint density at radius 3 is 2.55 bits per heavy atom. The first-order chi connectivity index (χ1) is 5.16. The van der Waals surface area contributed by atoms with Crippen LogP contribution in [0.5, 0.6) is 0 Å². The van der Waals surface area contributed by atoms with E-state index in [-0.39, 0.29) is 0 Å². The van der Waals surface area contributed by atoms with E-state index >= 15 is 0 Å². The van der Waals surface area contributed by atoms with Gasteiger partial charge in [-0.05, 0) is 30.7 Å². The van der Waals surface area contributed by atoms with Crippen molar-refractivity contribution < 1.29 is 0 Å². The van der Waals surface area contributed by atoms with Crippen molar-refractivity contribution >= 4 is 11.4 Å². The van der Waals surface area contributed by atoms with Crippen LogP contribution in [-0.4, -0.2) is 0 Å². The summed E-state index contributed by atoms with van der Waals surface area (Å²) in [6.45, 7) is 3.69. The molecular weight excluding hydrogens is 140 g/mol. The summed E-state index contributed by atoms with van der Waals surface area (Å²) >= 11 is 0. The number of hydrogen-bond donors (Lipinski definition) is 1. The third kappa shape index (κ3) is 1.22. The quantitative estimate of drug-likeness (QED) is 0.493. The van der Waals surface area contributed by atoms with Crippen molar-refractivity contribution in [3.8, 4) is 0 Å². The van der Waals surface area contributed by atoms with E-state index in [1.54, 1.807) is 19.1 Å². The first-order valence-corrected chi connectivity index (χ1v) is 3.36. The topological polar surface area (TPSA) is 55.5 Å². The van der Waals surface area contributed by atoms with Gasteiger partial charge in [-0.1, -0.05) is 6.07 Å².